The standard InChI is InChI=1S/C21H24N2O6/c1-14-15(2)19(20(25)29-13-16-8-6-5-7-9-16)22-17(14)12-21(3,23(26)27)11-10-18(24)28-4/h5-11,22H,12-13H2,1-4H3/b11-10-/t21-/m1/s1. The maximum atomic E-state index is 12.5. The van der Waals surface area contributed by atoms with Gasteiger partial charge in [-0.3, -0.25) is 10.1 Å². The zero-order valence-electron chi connectivity index (χ0n) is 16.9. The molecule has 2 rings (SSSR count). The van der Waals surface area contributed by atoms with Gasteiger partial charge in [0, 0.05) is 23.6 Å². The van der Waals surface area contributed by atoms with Gasteiger partial charge < -0.3 is 14.5 Å². The topological polar surface area (TPSA) is 112 Å². The minimum atomic E-state index is -1.55. The van der Waals surface area contributed by atoms with Crippen LogP contribution in [0.25, 0.3) is 0 Å². The molecule has 1 atom stereocenters. The van der Waals surface area contributed by atoms with Gasteiger partial charge >= 0.3 is 11.9 Å². The molecular formula is C21H24N2O6. The van der Waals surface area contributed by atoms with Crippen molar-refractivity contribution < 1.29 is 24.0 Å². The van der Waals surface area contributed by atoms with Crippen LogP contribution in [0.3, 0.4) is 0 Å². The summed E-state index contributed by atoms with van der Waals surface area (Å²) in [6.45, 7) is 5.05. The molecule has 0 aliphatic carbocycles. The number of carbonyl (C=O) groups excluding carboxylic acids is 2. The van der Waals surface area contributed by atoms with Crippen molar-refractivity contribution in [3.8, 4) is 0 Å². The molecule has 2 aromatic rings. The predicted octanol–water partition coefficient (Wildman–Crippen LogP) is 3.30. The van der Waals surface area contributed by atoms with Crippen LogP contribution in [0.1, 0.15) is 39.8 Å². The summed E-state index contributed by atoms with van der Waals surface area (Å²) in [7, 11) is 1.20. The Morgan fingerprint density at radius 3 is 2.45 bits per heavy atom. The molecule has 0 spiro atoms. The number of hydrogen-bond donors (Lipinski definition) is 1. The molecule has 1 heterocycles. The number of hydrogen-bond acceptors (Lipinski definition) is 6. The smallest absolute Gasteiger partial charge is 0.355 e. The van der Waals surface area contributed by atoms with Gasteiger partial charge in [-0.25, -0.2) is 9.59 Å². The van der Waals surface area contributed by atoms with Crippen molar-refractivity contribution in [2.75, 3.05) is 7.11 Å². The van der Waals surface area contributed by atoms with E-state index in [1.165, 1.54) is 20.1 Å². The number of methoxy groups -OCH3 is 1. The van der Waals surface area contributed by atoms with Crippen LogP contribution in [0.15, 0.2) is 42.5 Å². The van der Waals surface area contributed by atoms with Crippen LogP contribution in [-0.4, -0.2) is 34.5 Å². The van der Waals surface area contributed by atoms with Crippen LogP contribution in [0.5, 0.6) is 0 Å². The largest absolute Gasteiger partial charge is 0.466 e. The summed E-state index contributed by atoms with van der Waals surface area (Å²) >= 11 is 0. The Morgan fingerprint density at radius 1 is 1.21 bits per heavy atom. The minimum Gasteiger partial charge on any atom is -0.466 e. The molecule has 0 aliphatic heterocycles. The van der Waals surface area contributed by atoms with Crippen molar-refractivity contribution in [1.29, 1.82) is 0 Å². The van der Waals surface area contributed by atoms with Crippen LogP contribution >= 0.6 is 0 Å². The molecule has 1 aromatic heterocycles. The number of aromatic nitrogens is 1. The fourth-order valence-electron chi connectivity index (χ4n) is 2.79. The Balaban J connectivity index is 2.22. The average molecular weight is 400 g/mol. The zero-order chi connectivity index (χ0) is 21.6. The van der Waals surface area contributed by atoms with Crippen molar-refractivity contribution in [3.05, 3.63) is 80.7 Å². The SMILES string of the molecule is COC(=O)/C=C\[C@](C)(Cc1[nH]c(C(=O)OCc2ccccc2)c(C)c1C)[N+](=O)[O-]. The van der Waals surface area contributed by atoms with Crippen LogP contribution < -0.4 is 0 Å². The van der Waals surface area contributed by atoms with Gasteiger partial charge in [0.1, 0.15) is 12.3 Å². The van der Waals surface area contributed by atoms with E-state index in [0.717, 1.165) is 17.2 Å². The molecule has 0 radical (unpaired) electrons. The number of H-pyrrole nitrogens is 1. The molecule has 0 saturated carbocycles. The number of benzene rings is 1. The second kappa shape index (κ2) is 9.18. The fraction of sp³-hybridized carbons (Fsp3) is 0.333. The first-order valence-corrected chi connectivity index (χ1v) is 8.98. The van der Waals surface area contributed by atoms with E-state index < -0.39 is 22.4 Å². The van der Waals surface area contributed by atoms with Gasteiger partial charge in [0.15, 0.2) is 0 Å². The van der Waals surface area contributed by atoms with Crippen molar-refractivity contribution in [1.82, 2.24) is 4.98 Å². The third-order valence-electron chi connectivity index (χ3n) is 4.81. The molecular weight excluding hydrogens is 376 g/mol. The van der Waals surface area contributed by atoms with Gasteiger partial charge in [0.25, 0.3) is 0 Å². The van der Waals surface area contributed by atoms with E-state index in [1.54, 1.807) is 13.8 Å². The summed E-state index contributed by atoms with van der Waals surface area (Å²) in [5.74, 6) is -1.21. The number of rotatable bonds is 8. The molecule has 8 heteroatoms. The lowest BCUT2D eigenvalue weighted by Gasteiger charge is -2.16. The third kappa shape index (κ3) is 5.31. The quantitative estimate of drug-likeness (QED) is 0.315. The van der Waals surface area contributed by atoms with E-state index in [1.807, 2.05) is 30.3 Å². The Kier molecular flexibility index (Phi) is 6.93. The van der Waals surface area contributed by atoms with E-state index in [9.17, 15) is 19.7 Å². The van der Waals surface area contributed by atoms with E-state index in [4.69, 9.17) is 4.74 Å². The Bertz CT molecular complexity index is 932. The van der Waals surface area contributed by atoms with Gasteiger partial charge in [-0.15, -0.1) is 0 Å². The Morgan fingerprint density at radius 2 is 1.86 bits per heavy atom. The molecule has 0 bridgehead atoms. The van der Waals surface area contributed by atoms with Crippen LogP contribution in [0.4, 0.5) is 0 Å². The number of ether oxygens (including phenoxy) is 2. The fourth-order valence-corrected chi connectivity index (χ4v) is 2.79. The van der Waals surface area contributed by atoms with Crippen molar-refractivity contribution >= 4 is 11.9 Å². The summed E-state index contributed by atoms with van der Waals surface area (Å²) in [5.41, 5.74) is 1.49. The highest BCUT2D eigenvalue weighted by molar-refractivity contribution is 5.89. The average Bonchev–Trinajstić information content (AvgIpc) is 2.99. The minimum absolute atomic E-state index is 0.0356. The lowest BCUT2D eigenvalue weighted by molar-refractivity contribution is -0.550. The zero-order valence-corrected chi connectivity index (χ0v) is 16.9. The van der Waals surface area contributed by atoms with Crippen LogP contribution in [0, 0.1) is 24.0 Å². The number of carbonyl (C=O) groups is 2. The highest BCUT2D eigenvalue weighted by Gasteiger charge is 2.36. The van der Waals surface area contributed by atoms with Gasteiger partial charge in [-0.2, -0.15) is 0 Å². The van der Waals surface area contributed by atoms with E-state index in [2.05, 4.69) is 9.72 Å². The van der Waals surface area contributed by atoms with Gasteiger partial charge in [-0.05, 0) is 36.6 Å². The van der Waals surface area contributed by atoms with Crippen LogP contribution in [0.2, 0.25) is 0 Å². The molecule has 1 aromatic carbocycles. The summed E-state index contributed by atoms with van der Waals surface area (Å²) in [6, 6.07) is 9.28. The third-order valence-corrected chi connectivity index (χ3v) is 4.81. The van der Waals surface area contributed by atoms with Crippen molar-refractivity contribution in [3.63, 3.8) is 0 Å². The first-order valence-electron chi connectivity index (χ1n) is 8.98. The number of nitro groups is 1. The van der Waals surface area contributed by atoms with E-state index >= 15 is 0 Å². The number of nitrogens with zero attached hydrogens (tertiary/aromatic N) is 1. The van der Waals surface area contributed by atoms with E-state index in [-0.39, 0.29) is 18.7 Å². The summed E-state index contributed by atoms with van der Waals surface area (Å²) in [6.07, 6.45) is 2.19. The van der Waals surface area contributed by atoms with Gasteiger partial charge in [0.2, 0.25) is 5.54 Å². The number of aromatic amines is 1. The maximum Gasteiger partial charge on any atom is 0.355 e. The molecule has 0 aliphatic rings. The van der Waals surface area contributed by atoms with E-state index in [0.29, 0.717) is 11.3 Å². The lowest BCUT2D eigenvalue weighted by atomic mass is 9.94. The maximum absolute atomic E-state index is 12.5. The predicted molar refractivity (Wildman–Crippen MR) is 106 cm³/mol. The first kappa shape index (κ1) is 21.9. The first-order chi connectivity index (χ1) is 13.7. The Labute approximate surface area is 168 Å². The van der Waals surface area contributed by atoms with Crippen molar-refractivity contribution in [2.45, 2.75) is 39.3 Å². The normalized spacial score (nSPS) is 13.1. The van der Waals surface area contributed by atoms with Gasteiger partial charge in [0.05, 0.1) is 13.5 Å². The monoisotopic (exact) mass is 400 g/mol. The molecule has 0 amide bonds. The highest BCUT2D eigenvalue weighted by Crippen LogP contribution is 2.25. The van der Waals surface area contributed by atoms with Crippen molar-refractivity contribution in [2.24, 2.45) is 0 Å². The molecule has 8 nitrogen and oxygen atoms in total. The molecule has 0 saturated heterocycles. The second-order valence-electron chi connectivity index (χ2n) is 6.94. The molecule has 1 N–H and O–H groups in total. The molecule has 0 unspecified atom stereocenters. The summed E-state index contributed by atoms with van der Waals surface area (Å²) < 4.78 is 9.86. The van der Waals surface area contributed by atoms with Crippen LogP contribution in [-0.2, 0) is 27.3 Å². The van der Waals surface area contributed by atoms with Gasteiger partial charge in [-0.1, -0.05) is 30.3 Å². The highest BCUT2D eigenvalue weighted by atomic mass is 16.6. The summed E-state index contributed by atoms with van der Waals surface area (Å²) in [4.78, 5) is 37.9. The molecule has 29 heavy (non-hydrogen) atoms. The summed E-state index contributed by atoms with van der Waals surface area (Å²) in [5, 5.41) is 11.6. The Hall–Kier alpha value is -3.42. The number of nitrogens with one attached hydrogen (secondary N) is 1. The molecule has 0 fully saturated rings. The second-order valence-corrected chi connectivity index (χ2v) is 6.94. The number of esters is 2. The molecule has 154 valence electrons. The lowest BCUT2D eigenvalue weighted by Crippen LogP contribution is -2.35.